The summed E-state index contributed by atoms with van der Waals surface area (Å²) < 4.78 is 4.95. The SMILES string of the molecule is COc1cc(C=CCC#N)cc([N+](=O)[O-])c1. The van der Waals surface area contributed by atoms with E-state index in [-0.39, 0.29) is 12.1 Å². The molecule has 82 valence electrons. The predicted octanol–water partition coefficient (Wildman–Crippen LogP) is 2.53. The fourth-order valence-corrected chi connectivity index (χ4v) is 1.17. The Labute approximate surface area is 92.7 Å². The maximum Gasteiger partial charge on any atom is 0.273 e. The molecule has 0 fully saturated rings. The van der Waals surface area contributed by atoms with Crippen LogP contribution in [0.1, 0.15) is 12.0 Å². The average Bonchev–Trinajstić information content (AvgIpc) is 2.29. The van der Waals surface area contributed by atoms with Crippen LogP contribution in [-0.4, -0.2) is 12.0 Å². The van der Waals surface area contributed by atoms with E-state index in [2.05, 4.69) is 0 Å². The van der Waals surface area contributed by atoms with E-state index in [1.807, 2.05) is 6.07 Å². The van der Waals surface area contributed by atoms with Crippen LogP contribution in [0.4, 0.5) is 5.69 Å². The standard InChI is InChI=1S/C11H10N2O3/c1-16-11-7-9(4-2-3-5-12)6-10(8-11)13(14)15/h2,4,6-8H,3H2,1H3. The molecule has 1 aromatic rings. The normalized spacial score (nSPS) is 10.0. The lowest BCUT2D eigenvalue weighted by Gasteiger charge is -2.01. The Morgan fingerprint density at radius 3 is 2.88 bits per heavy atom. The molecular formula is C11H10N2O3. The van der Waals surface area contributed by atoms with Gasteiger partial charge in [-0.25, -0.2) is 0 Å². The van der Waals surface area contributed by atoms with Gasteiger partial charge in [0.15, 0.2) is 0 Å². The molecule has 0 unspecified atom stereocenters. The Bertz CT molecular complexity index is 461. The molecule has 0 atom stereocenters. The summed E-state index contributed by atoms with van der Waals surface area (Å²) >= 11 is 0. The van der Waals surface area contributed by atoms with E-state index >= 15 is 0 Å². The van der Waals surface area contributed by atoms with Crippen molar-refractivity contribution < 1.29 is 9.66 Å². The third-order valence-electron chi connectivity index (χ3n) is 1.88. The van der Waals surface area contributed by atoms with Crippen molar-refractivity contribution in [1.29, 1.82) is 5.26 Å². The summed E-state index contributed by atoms with van der Waals surface area (Å²) in [6, 6.07) is 6.40. The molecule has 16 heavy (non-hydrogen) atoms. The minimum atomic E-state index is -0.482. The monoisotopic (exact) mass is 218 g/mol. The molecule has 0 aromatic heterocycles. The van der Waals surface area contributed by atoms with Crippen LogP contribution in [0.2, 0.25) is 0 Å². The van der Waals surface area contributed by atoms with Gasteiger partial charge in [0.1, 0.15) is 5.75 Å². The van der Waals surface area contributed by atoms with Crippen molar-refractivity contribution in [2.24, 2.45) is 0 Å². The minimum absolute atomic E-state index is 0.0315. The van der Waals surface area contributed by atoms with Gasteiger partial charge in [-0.05, 0) is 11.6 Å². The number of non-ortho nitro benzene ring substituents is 1. The van der Waals surface area contributed by atoms with E-state index in [4.69, 9.17) is 10.00 Å². The molecule has 1 aromatic carbocycles. The number of methoxy groups -OCH3 is 1. The highest BCUT2D eigenvalue weighted by atomic mass is 16.6. The number of hydrogen-bond acceptors (Lipinski definition) is 4. The van der Waals surface area contributed by atoms with Gasteiger partial charge < -0.3 is 4.74 Å². The molecule has 0 aliphatic rings. The first-order chi connectivity index (χ1) is 7.67. The highest BCUT2D eigenvalue weighted by Gasteiger charge is 2.08. The molecule has 0 aliphatic heterocycles. The molecule has 0 amide bonds. The maximum atomic E-state index is 10.6. The summed E-state index contributed by atoms with van der Waals surface area (Å²) in [5, 5.41) is 19.0. The van der Waals surface area contributed by atoms with Crippen molar-refractivity contribution in [2.75, 3.05) is 7.11 Å². The van der Waals surface area contributed by atoms with Crippen LogP contribution >= 0.6 is 0 Å². The largest absolute Gasteiger partial charge is 0.496 e. The number of nitrogens with zero attached hydrogens (tertiary/aromatic N) is 2. The topological polar surface area (TPSA) is 76.2 Å². The second kappa shape index (κ2) is 5.51. The van der Waals surface area contributed by atoms with E-state index in [9.17, 15) is 10.1 Å². The van der Waals surface area contributed by atoms with E-state index in [1.165, 1.54) is 19.2 Å². The van der Waals surface area contributed by atoms with Crippen LogP contribution in [0.15, 0.2) is 24.3 Å². The Kier molecular flexibility index (Phi) is 4.04. The van der Waals surface area contributed by atoms with Crippen molar-refractivity contribution >= 4 is 11.8 Å². The van der Waals surface area contributed by atoms with E-state index in [1.54, 1.807) is 18.2 Å². The van der Waals surface area contributed by atoms with Gasteiger partial charge in [0.05, 0.1) is 30.6 Å². The van der Waals surface area contributed by atoms with Crippen molar-refractivity contribution in [3.63, 3.8) is 0 Å². The van der Waals surface area contributed by atoms with Crippen LogP contribution in [0.5, 0.6) is 5.75 Å². The molecule has 5 heteroatoms. The number of hydrogen-bond donors (Lipinski definition) is 0. The molecule has 0 bridgehead atoms. The first-order valence-electron chi connectivity index (χ1n) is 4.54. The number of rotatable bonds is 4. The number of nitro benzene ring substituents is 1. The molecule has 5 nitrogen and oxygen atoms in total. The molecule has 0 radical (unpaired) electrons. The summed E-state index contributed by atoms with van der Waals surface area (Å²) in [6.07, 6.45) is 3.56. The second-order valence-electron chi connectivity index (χ2n) is 2.99. The molecular weight excluding hydrogens is 208 g/mol. The third-order valence-corrected chi connectivity index (χ3v) is 1.88. The van der Waals surface area contributed by atoms with Crippen molar-refractivity contribution in [3.05, 3.63) is 40.0 Å². The fourth-order valence-electron chi connectivity index (χ4n) is 1.17. The van der Waals surface area contributed by atoms with Crippen molar-refractivity contribution in [1.82, 2.24) is 0 Å². The molecule has 0 N–H and O–H groups in total. The summed E-state index contributed by atoms with van der Waals surface area (Å²) in [5.74, 6) is 0.422. The van der Waals surface area contributed by atoms with E-state index < -0.39 is 4.92 Å². The van der Waals surface area contributed by atoms with Crippen LogP contribution in [-0.2, 0) is 0 Å². The number of nitriles is 1. The summed E-state index contributed by atoms with van der Waals surface area (Å²) in [6.45, 7) is 0. The van der Waals surface area contributed by atoms with E-state index in [0.29, 0.717) is 11.3 Å². The smallest absolute Gasteiger partial charge is 0.273 e. The average molecular weight is 218 g/mol. The van der Waals surface area contributed by atoms with Gasteiger partial charge in [-0.2, -0.15) is 5.26 Å². The van der Waals surface area contributed by atoms with Gasteiger partial charge in [0.25, 0.3) is 5.69 Å². The zero-order valence-corrected chi connectivity index (χ0v) is 8.71. The van der Waals surface area contributed by atoms with Gasteiger partial charge >= 0.3 is 0 Å². The Balaban J connectivity index is 3.05. The Morgan fingerprint density at radius 2 is 2.31 bits per heavy atom. The molecule has 1 rings (SSSR count). The van der Waals surface area contributed by atoms with Gasteiger partial charge in [0, 0.05) is 6.07 Å². The maximum absolute atomic E-state index is 10.6. The van der Waals surface area contributed by atoms with Crippen molar-refractivity contribution in [2.45, 2.75) is 6.42 Å². The predicted molar refractivity (Wildman–Crippen MR) is 58.9 cm³/mol. The number of allylic oxidation sites excluding steroid dienone is 1. The highest BCUT2D eigenvalue weighted by molar-refractivity contribution is 5.57. The van der Waals surface area contributed by atoms with Crippen LogP contribution < -0.4 is 4.74 Å². The van der Waals surface area contributed by atoms with Crippen LogP contribution in [0.3, 0.4) is 0 Å². The van der Waals surface area contributed by atoms with Gasteiger partial charge in [-0.3, -0.25) is 10.1 Å². The minimum Gasteiger partial charge on any atom is -0.496 e. The third kappa shape index (κ3) is 3.10. The first-order valence-corrected chi connectivity index (χ1v) is 4.54. The number of ether oxygens (including phenoxy) is 1. The Morgan fingerprint density at radius 1 is 1.56 bits per heavy atom. The lowest BCUT2D eigenvalue weighted by atomic mass is 10.1. The highest BCUT2D eigenvalue weighted by Crippen LogP contribution is 2.23. The molecule has 0 spiro atoms. The van der Waals surface area contributed by atoms with Gasteiger partial charge in [0.2, 0.25) is 0 Å². The van der Waals surface area contributed by atoms with Crippen LogP contribution in [0, 0.1) is 21.4 Å². The number of nitro groups is 1. The quantitative estimate of drug-likeness (QED) is 0.574. The lowest BCUT2D eigenvalue weighted by Crippen LogP contribution is -1.91. The van der Waals surface area contributed by atoms with Crippen molar-refractivity contribution in [3.8, 4) is 11.8 Å². The molecule has 0 aliphatic carbocycles. The first kappa shape index (κ1) is 11.7. The summed E-state index contributed by atoms with van der Waals surface area (Å²) in [4.78, 5) is 10.1. The van der Waals surface area contributed by atoms with E-state index in [0.717, 1.165) is 0 Å². The summed E-state index contributed by atoms with van der Waals surface area (Å²) in [7, 11) is 1.45. The lowest BCUT2D eigenvalue weighted by molar-refractivity contribution is -0.384. The zero-order chi connectivity index (χ0) is 12.0. The number of benzene rings is 1. The molecule has 0 saturated carbocycles. The Hall–Kier alpha value is -2.35. The van der Waals surface area contributed by atoms with Crippen LogP contribution in [0.25, 0.3) is 6.08 Å². The second-order valence-corrected chi connectivity index (χ2v) is 2.99. The fraction of sp³-hybridized carbons (Fsp3) is 0.182. The zero-order valence-electron chi connectivity index (χ0n) is 8.71. The molecule has 0 saturated heterocycles. The van der Waals surface area contributed by atoms with Gasteiger partial charge in [-0.15, -0.1) is 0 Å². The molecule has 0 heterocycles. The van der Waals surface area contributed by atoms with Gasteiger partial charge in [-0.1, -0.05) is 12.2 Å². The summed E-state index contributed by atoms with van der Waals surface area (Å²) in [5.41, 5.74) is 0.609.